The van der Waals surface area contributed by atoms with Gasteiger partial charge in [-0.2, -0.15) is 0 Å². The lowest BCUT2D eigenvalue weighted by atomic mass is 9.90. The van der Waals surface area contributed by atoms with Crippen molar-refractivity contribution >= 4 is 25.5 Å². The van der Waals surface area contributed by atoms with Crippen molar-refractivity contribution in [1.82, 2.24) is 0 Å². The number of nitrogens with zero attached hydrogens (tertiary/aromatic N) is 1. The molecule has 0 bridgehead atoms. The molecule has 340 valence electrons. The van der Waals surface area contributed by atoms with Crippen LogP contribution in [-0.4, -0.2) is 87.0 Å². The number of carbonyl (C=O) groups excluding carboxylic acids is 3. The minimum atomic E-state index is -4.69. The van der Waals surface area contributed by atoms with Gasteiger partial charge in [0, 0.05) is 18.8 Å². The SMILES string of the molecule is CC/C=C\C/C=C\C/C=C\C/C=C\CCCCCCC(=O)OC[C@H](COP(=O)([O-])OCC[N+](C)(C)C)OC(=O)CCC/C=C\C[C@H]1C=CC(=O)[C@@H]1/C=C/[C@@H](O)CCCCC. The highest BCUT2D eigenvalue weighted by molar-refractivity contribution is 7.45. The predicted octanol–water partition coefficient (Wildman–Crippen LogP) is 9.78. The molecular weight excluding hydrogens is 781 g/mol. The van der Waals surface area contributed by atoms with Crippen LogP contribution in [0.5, 0.6) is 0 Å². The molecule has 1 N–H and O–H groups in total. The van der Waals surface area contributed by atoms with Gasteiger partial charge in [-0.25, -0.2) is 0 Å². The van der Waals surface area contributed by atoms with E-state index in [1.807, 2.05) is 45.4 Å². The van der Waals surface area contributed by atoms with E-state index < -0.39 is 38.6 Å². The first kappa shape index (κ1) is 54.8. The van der Waals surface area contributed by atoms with Gasteiger partial charge in [-0.1, -0.05) is 125 Å². The molecular formula is C48H78NO10P. The van der Waals surface area contributed by atoms with Crippen LogP contribution in [0.15, 0.2) is 85.1 Å². The Morgan fingerprint density at radius 3 is 2.12 bits per heavy atom. The third kappa shape index (κ3) is 31.7. The van der Waals surface area contributed by atoms with Crippen molar-refractivity contribution in [3.05, 3.63) is 85.1 Å². The number of phosphoric acid groups is 1. The van der Waals surface area contributed by atoms with Gasteiger partial charge >= 0.3 is 11.9 Å². The first-order chi connectivity index (χ1) is 28.8. The summed E-state index contributed by atoms with van der Waals surface area (Å²) in [6, 6.07) is 0. The number of aliphatic hydroxyl groups excluding tert-OH is 1. The van der Waals surface area contributed by atoms with Crippen molar-refractivity contribution in [1.29, 1.82) is 0 Å². The molecule has 12 heteroatoms. The Balaban J connectivity index is 2.49. The van der Waals surface area contributed by atoms with E-state index in [0.29, 0.717) is 43.1 Å². The van der Waals surface area contributed by atoms with Crippen LogP contribution < -0.4 is 4.89 Å². The number of carbonyl (C=O) groups is 3. The molecule has 0 radical (unpaired) electrons. The third-order valence-electron chi connectivity index (χ3n) is 9.65. The Kier molecular flexibility index (Phi) is 31.5. The van der Waals surface area contributed by atoms with Crippen molar-refractivity contribution in [3.8, 4) is 0 Å². The van der Waals surface area contributed by atoms with Gasteiger partial charge in [0.05, 0.1) is 33.9 Å². The summed E-state index contributed by atoms with van der Waals surface area (Å²) in [5.74, 6) is -1.27. The molecule has 1 aliphatic rings. The van der Waals surface area contributed by atoms with E-state index >= 15 is 0 Å². The molecule has 0 saturated heterocycles. The van der Waals surface area contributed by atoms with Crippen molar-refractivity contribution in [2.24, 2.45) is 11.8 Å². The Bertz CT molecular complexity index is 1440. The molecule has 11 nitrogen and oxygen atoms in total. The molecule has 0 heterocycles. The van der Waals surface area contributed by atoms with E-state index in [2.05, 4.69) is 62.5 Å². The van der Waals surface area contributed by atoms with Crippen molar-refractivity contribution in [2.45, 2.75) is 142 Å². The molecule has 0 aromatic carbocycles. The van der Waals surface area contributed by atoms with Gasteiger partial charge in [0.1, 0.15) is 19.8 Å². The van der Waals surface area contributed by atoms with Crippen LogP contribution in [-0.2, 0) is 37.5 Å². The summed E-state index contributed by atoms with van der Waals surface area (Å²) in [5, 5.41) is 10.2. The molecule has 0 amide bonds. The molecule has 0 aromatic rings. The van der Waals surface area contributed by atoms with E-state index in [0.717, 1.165) is 70.6 Å². The zero-order valence-electron chi connectivity index (χ0n) is 37.5. The number of allylic oxidation sites excluding steroid dienone is 13. The van der Waals surface area contributed by atoms with E-state index in [1.54, 1.807) is 12.2 Å². The largest absolute Gasteiger partial charge is 0.756 e. The number of ether oxygens (including phenoxy) is 2. The maximum Gasteiger partial charge on any atom is 0.306 e. The molecule has 5 atom stereocenters. The summed E-state index contributed by atoms with van der Waals surface area (Å²) in [5.41, 5.74) is 0. The van der Waals surface area contributed by atoms with Crippen LogP contribution in [0.25, 0.3) is 0 Å². The lowest BCUT2D eigenvalue weighted by Crippen LogP contribution is -2.37. The maximum absolute atomic E-state index is 12.8. The van der Waals surface area contributed by atoms with E-state index in [9.17, 15) is 28.9 Å². The van der Waals surface area contributed by atoms with Gasteiger partial charge in [-0.3, -0.25) is 18.9 Å². The molecule has 0 aliphatic heterocycles. The second kappa shape index (κ2) is 34.4. The van der Waals surface area contributed by atoms with Gasteiger partial charge in [-0.15, -0.1) is 0 Å². The molecule has 0 fully saturated rings. The normalized spacial score (nSPS) is 18.3. The zero-order chi connectivity index (χ0) is 44.3. The number of hydrogen-bond acceptors (Lipinski definition) is 10. The van der Waals surface area contributed by atoms with Crippen LogP contribution in [0.2, 0.25) is 0 Å². The average Bonchev–Trinajstić information content (AvgIpc) is 3.55. The van der Waals surface area contributed by atoms with Crippen LogP contribution in [0.1, 0.15) is 129 Å². The Labute approximate surface area is 362 Å². The van der Waals surface area contributed by atoms with Crippen LogP contribution in [0, 0.1) is 11.8 Å². The van der Waals surface area contributed by atoms with Crippen molar-refractivity contribution in [2.75, 3.05) is 47.5 Å². The van der Waals surface area contributed by atoms with Gasteiger partial charge in [-0.05, 0) is 82.6 Å². The highest BCUT2D eigenvalue weighted by atomic mass is 31.2. The number of ketones is 1. The van der Waals surface area contributed by atoms with Gasteiger partial charge in [0.2, 0.25) is 0 Å². The predicted molar refractivity (Wildman–Crippen MR) is 240 cm³/mol. The fraction of sp³-hybridized carbons (Fsp3) is 0.646. The molecule has 0 spiro atoms. The Morgan fingerprint density at radius 1 is 0.800 bits per heavy atom. The number of rotatable bonds is 36. The quantitative estimate of drug-likeness (QED) is 0.0212. The summed E-state index contributed by atoms with van der Waals surface area (Å²) in [6.45, 7) is 3.72. The van der Waals surface area contributed by atoms with E-state index in [1.165, 1.54) is 0 Å². The molecule has 1 unspecified atom stereocenters. The smallest absolute Gasteiger partial charge is 0.306 e. The van der Waals surface area contributed by atoms with Gasteiger partial charge < -0.3 is 33.0 Å². The van der Waals surface area contributed by atoms with Crippen molar-refractivity contribution in [3.63, 3.8) is 0 Å². The number of aliphatic hydroxyl groups is 1. The number of phosphoric ester groups is 1. The average molecular weight is 860 g/mol. The maximum atomic E-state index is 12.8. The lowest BCUT2D eigenvalue weighted by molar-refractivity contribution is -0.870. The Morgan fingerprint density at radius 2 is 1.43 bits per heavy atom. The first-order valence-electron chi connectivity index (χ1n) is 22.3. The lowest BCUT2D eigenvalue weighted by Gasteiger charge is -2.28. The topological polar surface area (TPSA) is 148 Å². The van der Waals surface area contributed by atoms with Gasteiger partial charge in [0.25, 0.3) is 7.82 Å². The van der Waals surface area contributed by atoms with Crippen LogP contribution in [0.3, 0.4) is 0 Å². The third-order valence-corrected chi connectivity index (χ3v) is 10.6. The van der Waals surface area contributed by atoms with Crippen LogP contribution >= 0.6 is 7.82 Å². The van der Waals surface area contributed by atoms with E-state index in [-0.39, 0.29) is 43.7 Å². The van der Waals surface area contributed by atoms with Crippen LogP contribution in [0.4, 0.5) is 0 Å². The zero-order valence-corrected chi connectivity index (χ0v) is 38.4. The second-order valence-corrected chi connectivity index (χ2v) is 17.7. The summed E-state index contributed by atoms with van der Waals surface area (Å²) < 4.78 is 33.8. The number of quaternary nitrogens is 1. The highest BCUT2D eigenvalue weighted by Crippen LogP contribution is 2.38. The second-order valence-electron chi connectivity index (χ2n) is 16.3. The highest BCUT2D eigenvalue weighted by Gasteiger charge is 2.27. The first-order valence-corrected chi connectivity index (χ1v) is 23.8. The summed E-state index contributed by atoms with van der Waals surface area (Å²) in [4.78, 5) is 50.1. The summed E-state index contributed by atoms with van der Waals surface area (Å²) in [6.07, 6.45) is 41.0. The molecule has 1 rings (SSSR count). The van der Waals surface area contributed by atoms with Gasteiger partial charge in [0.15, 0.2) is 11.9 Å². The molecule has 0 saturated carbocycles. The number of esters is 2. The number of hydrogen-bond donors (Lipinski definition) is 1. The molecule has 1 aliphatic carbocycles. The standard InChI is InChI=1S/C48H78NO10P/c1-6-8-10-11-12-13-14-15-16-17-18-19-20-21-22-23-28-32-47(52)56-40-44(41-58-60(54,55)57-39-38-49(3,4)5)59-48(53)33-29-25-24-27-30-42-34-37-46(51)45(42)36-35-43(50)31-26-9-7-2/h8,10,12-13,15-16,18-19,24,27,34-37,42-45,50H,6-7,9,11,14,17,20-23,25-26,28-33,38-41H2,1-5H3/b10-8-,13-12-,16-15-,19-18-,27-24-,36-35+/t42-,43-,44+,45+/m0/s1. The molecule has 0 aromatic heterocycles. The fourth-order valence-corrected chi connectivity index (χ4v) is 6.77. The van der Waals surface area contributed by atoms with E-state index in [4.69, 9.17) is 18.5 Å². The van der Waals surface area contributed by atoms with Crippen molar-refractivity contribution < 1.29 is 52.0 Å². The minimum Gasteiger partial charge on any atom is -0.756 e. The minimum absolute atomic E-state index is 0.0105. The fourth-order valence-electron chi connectivity index (χ4n) is 6.05. The Hall–Kier alpha value is -3.18. The number of likely N-dealkylation sites (N-methyl/N-ethyl adjacent to an activating group) is 1. The number of unbranched alkanes of at least 4 members (excludes halogenated alkanes) is 7. The molecule has 60 heavy (non-hydrogen) atoms. The summed E-state index contributed by atoms with van der Waals surface area (Å²) >= 11 is 0. The summed E-state index contributed by atoms with van der Waals surface area (Å²) in [7, 11) is 1.01. The monoisotopic (exact) mass is 860 g/mol.